The van der Waals surface area contributed by atoms with Crippen molar-refractivity contribution in [3.8, 4) is 0 Å². The number of nitrogens with zero attached hydrogens (tertiary/aromatic N) is 1. The molecule has 9 heteroatoms. The minimum atomic E-state index is -4.51. The standard InChI is InChI=1S/C20H17F3N2O4/c1-12-10-17(26)24-15-4-2-3-5-16(15)25(12)18(27)11-29-19(28)13-6-8-14(9-7-13)20(21,22)23/h2-9,12H,10-11H2,1H3,(H,24,26)/t12-/m1/s1. The Kier molecular flexibility index (Phi) is 5.58. The third-order valence-corrected chi connectivity index (χ3v) is 4.40. The molecule has 29 heavy (non-hydrogen) atoms. The lowest BCUT2D eigenvalue weighted by atomic mass is 10.1. The maximum absolute atomic E-state index is 12.7. The average molecular weight is 406 g/mol. The third-order valence-electron chi connectivity index (χ3n) is 4.40. The van der Waals surface area contributed by atoms with Gasteiger partial charge in [0.15, 0.2) is 6.61 Å². The molecular formula is C20H17F3N2O4. The van der Waals surface area contributed by atoms with Crippen LogP contribution in [0.1, 0.15) is 29.3 Å². The summed E-state index contributed by atoms with van der Waals surface area (Å²) in [6, 6.07) is 9.76. The van der Waals surface area contributed by atoms with Crippen molar-refractivity contribution < 1.29 is 32.3 Å². The predicted molar refractivity (Wildman–Crippen MR) is 98.4 cm³/mol. The maximum Gasteiger partial charge on any atom is 0.416 e. The molecule has 0 saturated heterocycles. The molecule has 1 heterocycles. The summed E-state index contributed by atoms with van der Waals surface area (Å²) in [5.41, 5.74) is -0.0602. The molecule has 3 rings (SSSR count). The van der Waals surface area contributed by atoms with Crippen LogP contribution in [0.2, 0.25) is 0 Å². The van der Waals surface area contributed by atoms with Crippen LogP contribution in [0.15, 0.2) is 48.5 Å². The molecule has 6 nitrogen and oxygen atoms in total. The van der Waals surface area contributed by atoms with Gasteiger partial charge in [0.2, 0.25) is 5.91 Å². The second-order valence-electron chi connectivity index (χ2n) is 6.53. The van der Waals surface area contributed by atoms with Gasteiger partial charge in [-0.25, -0.2) is 4.79 Å². The zero-order valence-electron chi connectivity index (χ0n) is 15.3. The molecule has 0 spiro atoms. The molecule has 2 aromatic carbocycles. The fourth-order valence-corrected chi connectivity index (χ4v) is 3.04. The quantitative estimate of drug-likeness (QED) is 0.790. The highest BCUT2D eigenvalue weighted by molar-refractivity contribution is 6.05. The summed E-state index contributed by atoms with van der Waals surface area (Å²) in [7, 11) is 0. The summed E-state index contributed by atoms with van der Waals surface area (Å²) in [6.07, 6.45) is -4.45. The first-order chi connectivity index (χ1) is 13.7. The number of amides is 2. The molecule has 0 aromatic heterocycles. The number of fused-ring (bicyclic) bond motifs is 1. The first-order valence-corrected chi connectivity index (χ1v) is 8.72. The summed E-state index contributed by atoms with van der Waals surface area (Å²) in [4.78, 5) is 38.1. The van der Waals surface area contributed by atoms with Gasteiger partial charge in [-0.1, -0.05) is 12.1 Å². The third kappa shape index (κ3) is 4.56. The minimum absolute atomic E-state index is 0.0628. The van der Waals surface area contributed by atoms with Crippen molar-refractivity contribution in [2.24, 2.45) is 0 Å². The van der Waals surface area contributed by atoms with Crippen LogP contribution in [0.5, 0.6) is 0 Å². The molecule has 1 aliphatic heterocycles. The molecule has 0 fully saturated rings. The zero-order chi connectivity index (χ0) is 21.2. The van der Waals surface area contributed by atoms with Crippen LogP contribution in [0.25, 0.3) is 0 Å². The van der Waals surface area contributed by atoms with E-state index in [1.165, 1.54) is 4.90 Å². The highest BCUT2D eigenvalue weighted by Crippen LogP contribution is 2.31. The van der Waals surface area contributed by atoms with E-state index in [1.807, 2.05) is 0 Å². The Morgan fingerprint density at radius 1 is 1.14 bits per heavy atom. The number of carbonyl (C=O) groups excluding carboxylic acids is 3. The SMILES string of the molecule is C[C@@H]1CC(=O)Nc2ccccc2N1C(=O)COC(=O)c1ccc(C(F)(F)F)cc1. The van der Waals surface area contributed by atoms with Crippen molar-refractivity contribution in [2.75, 3.05) is 16.8 Å². The molecule has 0 bridgehead atoms. The first kappa shape index (κ1) is 20.4. The molecule has 0 saturated carbocycles. The van der Waals surface area contributed by atoms with Crippen LogP contribution in [-0.2, 0) is 20.5 Å². The van der Waals surface area contributed by atoms with Crippen molar-refractivity contribution in [3.63, 3.8) is 0 Å². The number of hydrogen-bond donors (Lipinski definition) is 1. The normalized spacial score (nSPS) is 16.5. The van der Waals surface area contributed by atoms with E-state index in [2.05, 4.69) is 5.32 Å². The predicted octanol–water partition coefficient (Wildman–Crippen LogP) is 3.63. The van der Waals surface area contributed by atoms with E-state index in [0.29, 0.717) is 11.4 Å². The minimum Gasteiger partial charge on any atom is -0.452 e. The number of nitrogens with one attached hydrogen (secondary N) is 1. The maximum atomic E-state index is 12.7. The van der Waals surface area contributed by atoms with Crippen LogP contribution in [0, 0.1) is 0 Å². The number of ether oxygens (including phenoxy) is 1. The number of hydrogen-bond acceptors (Lipinski definition) is 4. The van der Waals surface area contributed by atoms with Gasteiger partial charge in [-0.15, -0.1) is 0 Å². The number of esters is 1. The van der Waals surface area contributed by atoms with Crippen molar-refractivity contribution in [3.05, 3.63) is 59.7 Å². The fourth-order valence-electron chi connectivity index (χ4n) is 3.04. The van der Waals surface area contributed by atoms with Gasteiger partial charge in [0.05, 0.1) is 22.5 Å². The lowest BCUT2D eigenvalue weighted by molar-refractivity contribution is -0.137. The van der Waals surface area contributed by atoms with E-state index in [0.717, 1.165) is 24.3 Å². The molecule has 0 radical (unpaired) electrons. The van der Waals surface area contributed by atoms with E-state index in [4.69, 9.17) is 4.74 Å². The number of anilines is 2. The van der Waals surface area contributed by atoms with Crippen LogP contribution in [0.3, 0.4) is 0 Å². The molecule has 0 unspecified atom stereocenters. The average Bonchev–Trinajstić information content (AvgIpc) is 2.79. The Labute approximate surface area is 164 Å². The molecule has 2 aromatic rings. The Morgan fingerprint density at radius 2 is 1.79 bits per heavy atom. The van der Waals surface area contributed by atoms with Crippen molar-refractivity contribution in [1.82, 2.24) is 0 Å². The Morgan fingerprint density at radius 3 is 2.45 bits per heavy atom. The molecule has 1 aliphatic rings. The number of halogens is 3. The van der Waals surface area contributed by atoms with Crippen LogP contribution < -0.4 is 10.2 Å². The second kappa shape index (κ2) is 7.94. The Hall–Kier alpha value is -3.36. The molecule has 1 atom stereocenters. The highest BCUT2D eigenvalue weighted by Gasteiger charge is 2.31. The van der Waals surface area contributed by atoms with E-state index in [-0.39, 0.29) is 17.9 Å². The topological polar surface area (TPSA) is 75.7 Å². The van der Waals surface area contributed by atoms with E-state index < -0.39 is 36.3 Å². The van der Waals surface area contributed by atoms with Crippen molar-refractivity contribution in [1.29, 1.82) is 0 Å². The number of alkyl halides is 3. The molecule has 0 aliphatic carbocycles. The summed E-state index contributed by atoms with van der Waals surface area (Å²) >= 11 is 0. The molecule has 2 amide bonds. The van der Waals surface area contributed by atoms with Crippen LogP contribution >= 0.6 is 0 Å². The first-order valence-electron chi connectivity index (χ1n) is 8.72. The summed E-state index contributed by atoms with van der Waals surface area (Å²) < 4.78 is 42.8. The Bertz CT molecular complexity index is 941. The number of para-hydroxylation sites is 2. The Balaban J connectivity index is 1.71. The monoisotopic (exact) mass is 406 g/mol. The van der Waals surface area contributed by atoms with Gasteiger partial charge in [-0.3, -0.25) is 9.59 Å². The second-order valence-corrected chi connectivity index (χ2v) is 6.53. The van der Waals surface area contributed by atoms with E-state index >= 15 is 0 Å². The fraction of sp³-hybridized carbons (Fsp3) is 0.250. The lowest BCUT2D eigenvalue weighted by Crippen LogP contribution is -2.41. The summed E-state index contributed by atoms with van der Waals surface area (Å²) in [5.74, 6) is -1.72. The molecule has 152 valence electrons. The van der Waals surface area contributed by atoms with Gasteiger partial charge >= 0.3 is 12.1 Å². The largest absolute Gasteiger partial charge is 0.452 e. The summed E-state index contributed by atoms with van der Waals surface area (Å²) in [5, 5.41) is 2.71. The molecule has 1 N–H and O–H groups in total. The van der Waals surface area contributed by atoms with Gasteiger partial charge in [-0.05, 0) is 43.3 Å². The van der Waals surface area contributed by atoms with Gasteiger partial charge in [0, 0.05) is 12.5 Å². The van der Waals surface area contributed by atoms with Gasteiger partial charge < -0.3 is 15.0 Å². The smallest absolute Gasteiger partial charge is 0.416 e. The van der Waals surface area contributed by atoms with Gasteiger partial charge in [0.25, 0.3) is 5.91 Å². The molecular weight excluding hydrogens is 389 g/mol. The number of carbonyl (C=O) groups is 3. The number of rotatable bonds is 3. The van der Waals surface area contributed by atoms with Crippen LogP contribution in [0.4, 0.5) is 24.5 Å². The van der Waals surface area contributed by atoms with Gasteiger partial charge in [0.1, 0.15) is 0 Å². The summed E-state index contributed by atoms with van der Waals surface area (Å²) in [6.45, 7) is 1.07. The van der Waals surface area contributed by atoms with Gasteiger partial charge in [-0.2, -0.15) is 13.2 Å². The van der Waals surface area contributed by atoms with Crippen molar-refractivity contribution >= 4 is 29.2 Å². The van der Waals surface area contributed by atoms with Crippen LogP contribution in [-0.4, -0.2) is 30.4 Å². The van der Waals surface area contributed by atoms with Crippen molar-refractivity contribution in [2.45, 2.75) is 25.6 Å². The zero-order valence-corrected chi connectivity index (χ0v) is 15.3. The van der Waals surface area contributed by atoms with E-state index in [1.54, 1.807) is 31.2 Å². The highest BCUT2D eigenvalue weighted by atomic mass is 19.4. The van der Waals surface area contributed by atoms with E-state index in [9.17, 15) is 27.6 Å². The number of benzene rings is 2. The lowest BCUT2D eigenvalue weighted by Gasteiger charge is -2.27.